The molecule has 0 spiro atoms. The van der Waals surface area contributed by atoms with E-state index in [1.165, 1.54) is 11.5 Å². The highest BCUT2D eigenvalue weighted by atomic mass is 32.2. The first-order valence-electron chi connectivity index (χ1n) is 10.2. The molecule has 1 aliphatic rings. The van der Waals surface area contributed by atoms with E-state index in [0.29, 0.717) is 11.3 Å². The van der Waals surface area contributed by atoms with Crippen molar-refractivity contribution in [1.29, 1.82) is 0 Å². The van der Waals surface area contributed by atoms with Crippen LogP contribution in [-0.2, 0) is 21.1 Å². The number of hydrogen-bond acceptors (Lipinski definition) is 4. The predicted molar refractivity (Wildman–Crippen MR) is 125 cm³/mol. The Balaban J connectivity index is 1.50. The van der Waals surface area contributed by atoms with Gasteiger partial charge in [-0.2, -0.15) is 0 Å². The standard InChI is InChI=1S/C25H21N3O3S/c1-16-3-6-19(7-4-16)25-21(28-15-17(2)5-10-23(28)27-25)14-24(29)26-20-9-8-18-11-12-32(30,31)22(18)13-20/h3-13,15H,14H2,1-2H3,(H,26,29). The molecule has 7 heteroatoms. The third kappa shape index (κ3) is 3.61. The average Bonchev–Trinajstić information content (AvgIpc) is 3.25. The van der Waals surface area contributed by atoms with Gasteiger partial charge < -0.3 is 9.72 Å². The van der Waals surface area contributed by atoms with Crippen LogP contribution in [0.15, 0.2) is 71.1 Å². The van der Waals surface area contributed by atoms with Crippen LogP contribution in [0, 0.1) is 13.8 Å². The van der Waals surface area contributed by atoms with Gasteiger partial charge in [-0.25, -0.2) is 13.4 Å². The Morgan fingerprint density at radius 2 is 1.75 bits per heavy atom. The largest absolute Gasteiger partial charge is 0.326 e. The lowest BCUT2D eigenvalue weighted by Crippen LogP contribution is -2.16. The number of fused-ring (bicyclic) bond motifs is 2. The Morgan fingerprint density at radius 1 is 1.00 bits per heavy atom. The first kappa shape index (κ1) is 20.2. The Hall–Kier alpha value is -3.71. The van der Waals surface area contributed by atoms with E-state index in [1.807, 2.05) is 60.8 Å². The van der Waals surface area contributed by atoms with Crippen LogP contribution >= 0.6 is 0 Å². The summed E-state index contributed by atoms with van der Waals surface area (Å²) in [6, 6.07) is 16.9. The van der Waals surface area contributed by atoms with Gasteiger partial charge in [-0.05, 0) is 49.2 Å². The quantitative estimate of drug-likeness (QED) is 0.502. The fraction of sp³-hybridized carbons (Fsp3) is 0.120. The van der Waals surface area contributed by atoms with Gasteiger partial charge in [0, 0.05) is 22.9 Å². The lowest BCUT2D eigenvalue weighted by atomic mass is 10.1. The summed E-state index contributed by atoms with van der Waals surface area (Å²) in [6.07, 6.45) is 3.62. The van der Waals surface area contributed by atoms with Crippen molar-refractivity contribution in [3.8, 4) is 11.3 Å². The van der Waals surface area contributed by atoms with E-state index < -0.39 is 9.84 Å². The maximum absolute atomic E-state index is 13.0. The molecule has 2 aromatic heterocycles. The minimum absolute atomic E-state index is 0.0932. The highest BCUT2D eigenvalue weighted by Crippen LogP contribution is 2.30. The number of carbonyl (C=O) groups is 1. The number of benzene rings is 2. The minimum atomic E-state index is -3.44. The molecule has 0 atom stereocenters. The molecule has 0 radical (unpaired) electrons. The van der Waals surface area contributed by atoms with Crippen molar-refractivity contribution >= 4 is 33.2 Å². The summed E-state index contributed by atoms with van der Waals surface area (Å²) in [5.74, 6) is -0.245. The molecule has 4 aromatic rings. The monoisotopic (exact) mass is 443 g/mol. The Morgan fingerprint density at radius 3 is 2.53 bits per heavy atom. The number of carbonyl (C=O) groups excluding carboxylic acids is 1. The summed E-state index contributed by atoms with van der Waals surface area (Å²) in [5.41, 5.74) is 6.52. The van der Waals surface area contributed by atoms with Crippen LogP contribution in [0.1, 0.15) is 22.4 Å². The molecule has 1 aliphatic heterocycles. The lowest BCUT2D eigenvalue weighted by molar-refractivity contribution is -0.115. The molecule has 0 bridgehead atoms. The number of rotatable bonds is 4. The van der Waals surface area contributed by atoms with E-state index >= 15 is 0 Å². The number of sulfone groups is 1. The van der Waals surface area contributed by atoms with Crippen LogP contribution in [0.4, 0.5) is 5.69 Å². The van der Waals surface area contributed by atoms with Crippen LogP contribution in [-0.4, -0.2) is 23.7 Å². The van der Waals surface area contributed by atoms with E-state index in [9.17, 15) is 13.2 Å². The summed E-state index contributed by atoms with van der Waals surface area (Å²) < 4.78 is 26.2. The number of nitrogens with zero attached hydrogens (tertiary/aromatic N) is 2. The molecule has 2 aromatic carbocycles. The van der Waals surface area contributed by atoms with Gasteiger partial charge in [0.2, 0.25) is 15.7 Å². The molecule has 0 fully saturated rings. The Labute approximate surface area is 186 Å². The van der Waals surface area contributed by atoms with Gasteiger partial charge >= 0.3 is 0 Å². The second-order valence-corrected chi connectivity index (χ2v) is 9.84. The van der Waals surface area contributed by atoms with Crippen molar-refractivity contribution in [3.05, 3.63) is 88.6 Å². The second-order valence-electron chi connectivity index (χ2n) is 8.03. The molecule has 0 unspecified atom stereocenters. The number of hydrogen-bond donors (Lipinski definition) is 1. The van der Waals surface area contributed by atoms with Crippen molar-refractivity contribution in [2.75, 3.05) is 5.32 Å². The second kappa shape index (κ2) is 7.46. The first-order valence-corrected chi connectivity index (χ1v) is 11.8. The highest BCUT2D eigenvalue weighted by Gasteiger charge is 2.22. The topological polar surface area (TPSA) is 80.5 Å². The van der Waals surface area contributed by atoms with Crippen LogP contribution in [0.3, 0.4) is 0 Å². The third-order valence-corrected chi connectivity index (χ3v) is 7.01. The molecule has 0 saturated heterocycles. The Bertz CT molecular complexity index is 1510. The number of aromatic nitrogens is 2. The number of amides is 1. The van der Waals surface area contributed by atoms with Crippen LogP contribution < -0.4 is 5.32 Å². The molecular weight excluding hydrogens is 422 g/mol. The molecule has 32 heavy (non-hydrogen) atoms. The summed E-state index contributed by atoms with van der Waals surface area (Å²) in [7, 11) is -3.44. The van der Waals surface area contributed by atoms with E-state index in [1.54, 1.807) is 18.2 Å². The first-order chi connectivity index (χ1) is 15.3. The summed E-state index contributed by atoms with van der Waals surface area (Å²) in [5, 5.41) is 4.02. The van der Waals surface area contributed by atoms with Gasteiger partial charge in [0.1, 0.15) is 5.65 Å². The van der Waals surface area contributed by atoms with Crippen molar-refractivity contribution in [2.24, 2.45) is 0 Å². The number of anilines is 1. The van der Waals surface area contributed by atoms with E-state index in [2.05, 4.69) is 5.32 Å². The van der Waals surface area contributed by atoms with Crippen LogP contribution in [0.5, 0.6) is 0 Å². The van der Waals surface area contributed by atoms with Gasteiger partial charge in [0.05, 0.1) is 22.7 Å². The maximum atomic E-state index is 13.0. The zero-order valence-corrected chi connectivity index (χ0v) is 18.5. The van der Waals surface area contributed by atoms with Gasteiger partial charge in [-0.3, -0.25) is 4.79 Å². The summed E-state index contributed by atoms with van der Waals surface area (Å²) >= 11 is 0. The molecule has 1 N–H and O–H groups in total. The summed E-state index contributed by atoms with van der Waals surface area (Å²) in [6.45, 7) is 4.02. The molecular formula is C25H21N3O3S. The summed E-state index contributed by atoms with van der Waals surface area (Å²) in [4.78, 5) is 18.0. The molecule has 160 valence electrons. The molecule has 1 amide bonds. The number of aryl methyl sites for hydroxylation is 2. The zero-order valence-electron chi connectivity index (χ0n) is 17.7. The van der Waals surface area contributed by atoms with Crippen LogP contribution in [0.2, 0.25) is 0 Å². The van der Waals surface area contributed by atoms with Gasteiger partial charge in [-0.1, -0.05) is 42.0 Å². The molecule has 0 aliphatic carbocycles. The van der Waals surface area contributed by atoms with Gasteiger partial charge in [0.15, 0.2) is 0 Å². The molecule has 5 rings (SSSR count). The smallest absolute Gasteiger partial charge is 0.230 e. The van der Waals surface area contributed by atoms with Crippen molar-refractivity contribution in [2.45, 2.75) is 25.2 Å². The van der Waals surface area contributed by atoms with Crippen molar-refractivity contribution in [3.63, 3.8) is 0 Å². The fourth-order valence-electron chi connectivity index (χ4n) is 3.90. The number of nitrogens with one attached hydrogen (secondary N) is 1. The fourth-order valence-corrected chi connectivity index (χ4v) is 5.13. The predicted octanol–water partition coefficient (Wildman–Crippen LogP) is 4.56. The molecule has 3 heterocycles. The highest BCUT2D eigenvalue weighted by molar-refractivity contribution is 7.94. The van der Waals surface area contributed by atoms with Crippen LogP contribution in [0.25, 0.3) is 23.0 Å². The number of pyridine rings is 1. The average molecular weight is 444 g/mol. The maximum Gasteiger partial charge on any atom is 0.230 e. The molecule has 6 nitrogen and oxygen atoms in total. The SMILES string of the molecule is Cc1ccc(-c2nc3ccc(C)cn3c2CC(=O)Nc2ccc3c(c2)S(=O)(=O)C=C3)cc1. The Kier molecular flexibility index (Phi) is 4.71. The zero-order chi connectivity index (χ0) is 22.5. The number of imidazole rings is 1. The van der Waals surface area contributed by atoms with Crippen molar-refractivity contribution in [1.82, 2.24) is 9.38 Å². The van der Waals surface area contributed by atoms with Crippen molar-refractivity contribution < 1.29 is 13.2 Å². The normalized spacial score (nSPS) is 13.9. The van der Waals surface area contributed by atoms with E-state index in [4.69, 9.17) is 4.98 Å². The molecule has 0 saturated carbocycles. The van der Waals surface area contributed by atoms with E-state index in [-0.39, 0.29) is 17.2 Å². The van der Waals surface area contributed by atoms with Gasteiger partial charge in [0.25, 0.3) is 0 Å². The lowest BCUT2D eigenvalue weighted by Gasteiger charge is -2.09. The van der Waals surface area contributed by atoms with Gasteiger partial charge in [-0.15, -0.1) is 0 Å². The minimum Gasteiger partial charge on any atom is -0.326 e. The van der Waals surface area contributed by atoms with E-state index in [0.717, 1.165) is 33.7 Å². The third-order valence-electron chi connectivity index (χ3n) is 5.55.